The minimum absolute atomic E-state index is 0.00484. The molecule has 0 saturated carbocycles. The van der Waals surface area contributed by atoms with Crippen molar-refractivity contribution in [2.24, 2.45) is 0 Å². The van der Waals surface area contributed by atoms with E-state index in [1.165, 1.54) is 13.2 Å². The number of esters is 1. The number of carbonyl (C=O) groups is 2. The zero-order valence-corrected chi connectivity index (χ0v) is 22.1. The number of ether oxygens (including phenoxy) is 3. The Labute approximate surface area is 223 Å². The second kappa shape index (κ2) is 12.1. The second-order valence-electron chi connectivity index (χ2n) is 8.78. The molecule has 39 heavy (non-hydrogen) atoms. The van der Waals surface area contributed by atoms with Crippen LogP contribution in [0.2, 0.25) is 0 Å². The number of carbonyl (C=O) groups excluding carboxylic acids is 1. The Kier molecular flexibility index (Phi) is 9.28. The molecule has 0 fully saturated rings. The molecule has 1 aliphatic rings. The topological polar surface area (TPSA) is 125 Å². The van der Waals surface area contributed by atoms with Crippen LogP contribution in [0.15, 0.2) is 42.0 Å². The van der Waals surface area contributed by atoms with E-state index >= 15 is 0 Å². The Balaban J connectivity index is 2.08. The zero-order chi connectivity index (χ0) is 29.0. The number of hydrogen-bond donors (Lipinski definition) is 1. The highest BCUT2D eigenvalue weighted by atomic mass is 32.2. The first-order valence-electron chi connectivity index (χ1n) is 11.7. The Morgan fingerprint density at radius 1 is 1.15 bits per heavy atom. The van der Waals surface area contributed by atoms with E-state index in [0.717, 1.165) is 5.56 Å². The maximum absolute atomic E-state index is 13.3. The average molecular weight is 573 g/mol. The van der Waals surface area contributed by atoms with Gasteiger partial charge in [0.25, 0.3) is 0 Å². The number of aliphatic carboxylic acids is 1. The van der Waals surface area contributed by atoms with Gasteiger partial charge in [0, 0.05) is 17.5 Å². The van der Waals surface area contributed by atoms with Crippen LogP contribution < -0.4 is 8.92 Å². The maximum Gasteiger partial charge on any atom is 0.534 e. The number of halogens is 3. The lowest BCUT2D eigenvalue weighted by atomic mass is 9.92. The third kappa shape index (κ3) is 6.90. The van der Waals surface area contributed by atoms with Crippen molar-refractivity contribution in [1.29, 1.82) is 0 Å². The Hall–Kier alpha value is -3.58. The fourth-order valence-electron chi connectivity index (χ4n) is 4.13. The minimum atomic E-state index is -6.18. The molecule has 1 heterocycles. The molecule has 2 aromatic carbocycles. The van der Waals surface area contributed by atoms with Crippen LogP contribution in [0.4, 0.5) is 13.2 Å². The lowest BCUT2D eigenvalue weighted by Gasteiger charge is -2.21. The summed E-state index contributed by atoms with van der Waals surface area (Å²) in [6.07, 6.45) is 0.171. The standard InChI is InChI=1S/C26H27F3O9S/c1-15(10-12-20(30)31)9-11-18-23(35-3)16(2)21-19(14-36-13-17-7-5-4-6-8-17)37-25(32)22(21)24(18)38-39(33,34)26(27,28)29/h4-9,19H,10-14H2,1-3H3,(H,30,31). The summed E-state index contributed by atoms with van der Waals surface area (Å²) >= 11 is 0. The number of allylic oxidation sites excluding steroid dienone is 2. The van der Waals surface area contributed by atoms with E-state index in [4.69, 9.17) is 19.3 Å². The van der Waals surface area contributed by atoms with Gasteiger partial charge < -0.3 is 23.5 Å². The summed E-state index contributed by atoms with van der Waals surface area (Å²) in [6.45, 7) is 3.15. The van der Waals surface area contributed by atoms with Gasteiger partial charge in [0.1, 0.15) is 11.3 Å². The molecule has 9 nitrogen and oxygen atoms in total. The van der Waals surface area contributed by atoms with Crippen molar-refractivity contribution in [2.75, 3.05) is 13.7 Å². The van der Waals surface area contributed by atoms with Gasteiger partial charge in [-0.15, -0.1) is 0 Å². The highest BCUT2D eigenvalue weighted by Gasteiger charge is 2.50. The number of hydrogen-bond acceptors (Lipinski definition) is 8. The third-order valence-corrected chi connectivity index (χ3v) is 6.97. The van der Waals surface area contributed by atoms with Gasteiger partial charge >= 0.3 is 27.6 Å². The number of methoxy groups -OCH3 is 1. The number of rotatable bonds is 12. The van der Waals surface area contributed by atoms with E-state index in [1.54, 1.807) is 13.8 Å². The molecule has 0 saturated heterocycles. The minimum Gasteiger partial charge on any atom is -0.496 e. The van der Waals surface area contributed by atoms with Gasteiger partial charge in [-0.3, -0.25) is 4.79 Å². The molecule has 0 amide bonds. The molecule has 1 atom stereocenters. The second-order valence-corrected chi connectivity index (χ2v) is 10.3. The van der Waals surface area contributed by atoms with Gasteiger partial charge in [0.2, 0.25) is 0 Å². The first-order chi connectivity index (χ1) is 18.3. The summed E-state index contributed by atoms with van der Waals surface area (Å²) in [7, 11) is -4.94. The van der Waals surface area contributed by atoms with E-state index < -0.39 is 45.0 Å². The van der Waals surface area contributed by atoms with Gasteiger partial charge in [0.05, 0.1) is 20.3 Å². The monoisotopic (exact) mass is 572 g/mol. The molecule has 0 bridgehead atoms. The average Bonchev–Trinajstić information content (AvgIpc) is 3.19. The van der Waals surface area contributed by atoms with Crippen LogP contribution in [-0.2, 0) is 37.4 Å². The summed E-state index contributed by atoms with van der Waals surface area (Å²) < 4.78 is 85.1. The SMILES string of the molecule is COc1c(C)c2c(c(OS(=O)(=O)C(F)(F)F)c1CC=C(C)CCC(=O)O)C(=O)OC2COCc1ccccc1. The fourth-order valence-corrected chi connectivity index (χ4v) is 4.63. The van der Waals surface area contributed by atoms with Gasteiger partial charge in [-0.2, -0.15) is 21.6 Å². The van der Waals surface area contributed by atoms with E-state index in [1.807, 2.05) is 30.3 Å². The van der Waals surface area contributed by atoms with Crippen molar-refractivity contribution in [3.8, 4) is 11.5 Å². The smallest absolute Gasteiger partial charge is 0.496 e. The van der Waals surface area contributed by atoms with Crippen molar-refractivity contribution in [3.05, 3.63) is 69.8 Å². The summed E-state index contributed by atoms with van der Waals surface area (Å²) in [5, 5.41) is 8.90. The highest BCUT2D eigenvalue weighted by Crippen LogP contribution is 2.48. The molecular formula is C26H27F3O9S. The molecule has 0 radical (unpaired) electrons. The van der Waals surface area contributed by atoms with Crippen molar-refractivity contribution >= 4 is 22.1 Å². The highest BCUT2D eigenvalue weighted by molar-refractivity contribution is 7.88. The predicted octanol–water partition coefficient (Wildman–Crippen LogP) is 5.01. The van der Waals surface area contributed by atoms with Crippen molar-refractivity contribution in [1.82, 2.24) is 0 Å². The molecule has 1 N–H and O–H groups in total. The van der Waals surface area contributed by atoms with Crippen LogP contribution >= 0.6 is 0 Å². The van der Waals surface area contributed by atoms with Gasteiger partial charge in [-0.1, -0.05) is 42.0 Å². The molecule has 13 heteroatoms. The molecular weight excluding hydrogens is 545 g/mol. The lowest BCUT2D eigenvalue weighted by Crippen LogP contribution is -2.29. The van der Waals surface area contributed by atoms with Gasteiger partial charge in [-0.05, 0) is 37.8 Å². The molecule has 0 aliphatic carbocycles. The summed E-state index contributed by atoms with van der Waals surface area (Å²) in [4.78, 5) is 23.8. The zero-order valence-electron chi connectivity index (χ0n) is 21.3. The fraction of sp³-hybridized carbons (Fsp3) is 0.385. The number of carboxylic acid groups (broad SMARTS) is 1. The molecule has 3 rings (SSSR count). The Bertz CT molecular complexity index is 1370. The van der Waals surface area contributed by atoms with E-state index in [-0.39, 0.29) is 49.4 Å². The van der Waals surface area contributed by atoms with Gasteiger partial charge in [0.15, 0.2) is 11.9 Å². The van der Waals surface area contributed by atoms with Crippen LogP contribution in [0.25, 0.3) is 0 Å². The van der Waals surface area contributed by atoms with Crippen LogP contribution in [0.1, 0.15) is 58.5 Å². The molecule has 2 aromatic rings. The summed E-state index contributed by atoms with van der Waals surface area (Å²) in [5.41, 5.74) is -4.57. The lowest BCUT2D eigenvalue weighted by molar-refractivity contribution is -0.136. The number of alkyl halides is 3. The quantitative estimate of drug-likeness (QED) is 0.162. The van der Waals surface area contributed by atoms with Gasteiger partial charge in [-0.25, -0.2) is 4.79 Å². The normalized spacial score (nSPS) is 15.6. The largest absolute Gasteiger partial charge is 0.534 e. The Morgan fingerprint density at radius 2 is 1.82 bits per heavy atom. The van der Waals surface area contributed by atoms with Crippen molar-refractivity contribution in [3.63, 3.8) is 0 Å². The molecule has 1 unspecified atom stereocenters. The Morgan fingerprint density at radius 3 is 2.41 bits per heavy atom. The van der Waals surface area contributed by atoms with Crippen LogP contribution in [0.5, 0.6) is 11.5 Å². The molecule has 1 aliphatic heterocycles. The van der Waals surface area contributed by atoms with Crippen LogP contribution in [0, 0.1) is 6.92 Å². The third-order valence-electron chi connectivity index (χ3n) is 6.01. The first kappa shape index (κ1) is 30.0. The molecule has 212 valence electrons. The van der Waals surface area contributed by atoms with Crippen LogP contribution in [-0.4, -0.2) is 44.7 Å². The molecule has 0 spiro atoms. The van der Waals surface area contributed by atoms with Crippen molar-refractivity contribution < 1.29 is 54.7 Å². The first-order valence-corrected chi connectivity index (χ1v) is 13.1. The van der Waals surface area contributed by atoms with Crippen molar-refractivity contribution in [2.45, 2.75) is 51.3 Å². The number of benzene rings is 2. The maximum atomic E-state index is 13.3. The number of cyclic esters (lactones) is 1. The summed E-state index contributed by atoms with van der Waals surface area (Å²) in [5.74, 6) is -2.99. The van der Waals surface area contributed by atoms with E-state index in [0.29, 0.717) is 11.1 Å². The van der Waals surface area contributed by atoms with Crippen LogP contribution in [0.3, 0.4) is 0 Å². The summed E-state index contributed by atoms with van der Waals surface area (Å²) in [6, 6.07) is 9.07. The molecule has 0 aromatic heterocycles. The number of carboxylic acids is 1. The predicted molar refractivity (Wildman–Crippen MR) is 132 cm³/mol. The number of fused-ring (bicyclic) bond motifs is 1. The van der Waals surface area contributed by atoms with E-state index in [2.05, 4.69) is 4.18 Å². The van der Waals surface area contributed by atoms with E-state index in [9.17, 15) is 31.2 Å².